The summed E-state index contributed by atoms with van der Waals surface area (Å²) < 4.78 is 25.9. The van der Waals surface area contributed by atoms with Gasteiger partial charge in [0.2, 0.25) is 15.9 Å². The molecule has 5 nitrogen and oxygen atoms in total. The van der Waals surface area contributed by atoms with Crippen molar-refractivity contribution in [2.45, 2.75) is 44.1 Å². The van der Waals surface area contributed by atoms with Gasteiger partial charge in [-0.25, -0.2) is 8.42 Å². The van der Waals surface area contributed by atoms with Crippen LogP contribution in [0.25, 0.3) is 0 Å². The molecule has 0 aromatic heterocycles. The second kappa shape index (κ2) is 6.84. The van der Waals surface area contributed by atoms with Crippen LogP contribution in [-0.2, 0) is 21.2 Å². The lowest BCUT2D eigenvalue weighted by atomic mass is 9.87. The molecule has 0 radical (unpaired) electrons. The Bertz CT molecular complexity index is 689. The average molecular weight is 350 g/mol. The van der Waals surface area contributed by atoms with Crippen LogP contribution in [0.1, 0.15) is 37.7 Å². The number of aryl methyl sites for hydroxylation is 1. The molecule has 0 unspecified atom stereocenters. The number of likely N-dealkylation sites (tertiary alicyclic amines) is 1. The van der Waals surface area contributed by atoms with E-state index in [2.05, 4.69) is 0 Å². The molecule has 6 heteroatoms. The highest BCUT2D eigenvalue weighted by Gasteiger charge is 2.48. The zero-order valence-corrected chi connectivity index (χ0v) is 15.1. The minimum Gasteiger partial charge on any atom is -0.341 e. The molecule has 0 aliphatic carbocycles. The summed E-state index contributed by atoms with van der Waals surface area (Å²) in [5, 5.41) is 0. The van der Waals surface area contributed by atoms with Crippen LogP contribution >= 0.6 is 0 Å². The third-order valence-electron chi connectivity index (χ3n) is 5.31. The Morgan fingerprint density at radius 3 is 2.46 bits per heavy atom. The number of nitrogens with zero attached hydrogens (tertiary/aromatic N) is 2. The molecular weight excluding hydrogens is 324 g/mol. The number of hydrogen-bond acceptors (Lipinski definition) is 3. The van der Waals surface area contributed by atoms with E-state index in [1.165, 1.54) is 6.26 Å². The summed E-state index contributed by atoms with van der Waals surface area (Å²) in [5.41, 5.74) is 0.796. The minimum absolute atomic E-state index is 0.137. The number of sulfonamides is 1. The van der Waals surface area contributed by atoms with Crippen molar-refractivity contribution >= 4 is 15.9 Å². The van der Waals surface area contributed by atoms with Crippen LogP contribution in [0, 0.1) is 0 Å². The topological polar surface area (TPSA) is 57.7 Å². The molecule has 1 atom stereocenters. The van der Waals surface area contributed by atoms with Crippen LogP contribution in [-0.4, -0.2) is 55.0 Å². The Hall–Kier alpha value is -1.40. The SMILES string of the molecule is CS(=O)(=O)N1CCC[C@]12CCCN(C(=O)CCc1ccccc1)C2. The number of carbonyl (C=O) groups excluding carboxylic acids is 1. The van der Waals surface area contributed by atoms with Crippen molar-refractivity contribution in [1.82, 2.24) is 9.21 Å². The molecule has 2 saturated heterocycles. The number of amides is 1. The van der Waals surface area contributed by atoms with Crippen LogP contribution in [0.15, 0.2) is 30.3 Å². The molecule has 0 saturated carbocycles. The van der Waals surface area contributed by atoms with E-state index in [0.717, 1.165) is 44.2 Å². The van der Waals surface area contributed by atoms with E-state index in [0.29, 0.717) is 19.5 Å². The molecule has 1 amide bonds. The standard InChI is InChI=1S/C18H26N2O3S/c1-24(22,23)20-14-6-12-18(20)11-5-13-19(15-18)17(21)10-9-16-7-3-2-4-8-16/h2-4,7-8H,5-6,9-15H2,1H3/t18-/m0/s1. The van der Waals surface area contributed by atoms with Crippen LogP contribution in [0.5, 0.6) is 0 Å². The van der Waals surface area contributed by atoms with Gasteiger partial charge in [-0.1, -0.05) is 30.3 Å². The lowest BCUT2D eigenvalue weighted by Gasteiger charge is -2.44. The summed E-state index contributed by atoms with van der Waals surface area (Å²) in [4.78, 5) is 14.5. The first-order chi connectivity index (χ1) is 11.4. The Kier molecular flexibility index (Phi) is 4.97. The second-order valence-electron chi connectivity index (χ2n) is 7.07. The summed E-state index contributed by atoms with van der Waals surface area (Å²) in [7, 11) is -3.22. The van der Waals surface area contributed by atoms with Gasteiger partial charge in [0.15, 0.2) is 0 Å². The Labute approximate surface area is 144 Å². The summed E-state index contributed by atoms with van der Waals surface area (Å²) >= 11 is 0. The molecule has 3 rings (SSSR count). The fraction of sp³-hybridized carbons (Fsp3) is 0.611. The summed E-state index contributed by atoms with van der Waals surface area (Å²) in [6.45, 7) is 1.88. The van der Waals surface area contributed by atoms with Crippen LogP contribution in [0.2, 0.25) is 0 Å². The zero-order valence-electron chi connectivity index (χ0n) is 14.3. The van der Waals surface area contributed by atoms with Gasteiger partial charge in [-0.2, -0.15) is 4.31 Å². The smallest absolute Gasteiger partial charge is 0.222 e. The van der Waals surface area contributed by atoms with E-state index in [9.17, 15) is 13.2 Å². The Morgan fingerprint density at radius 1 is 1.12 bits per heavy atom. The van der Waals surface area contributed by atoms with Crippen molar-refractivity contribution < 1.29 is 13.2 Å². The monoisotopic (exact) mass is 350 g/mol. The second-order valence-corrected chi connectivity index (χ2v) is 8.97. The van der Waals surface area contributed by atoms with Gasteiger partial charge in [-0.15, -0.1) is 0 Å². The molecule has 2 aliphatic rings. The number of hydrogen-bond donors (Lipinski definition) is 0. The van der Waals surface area contributed by atoms with E-state index < -0.39 is 10.0 Å². The molecular formula is C18H26N2O3S. The van der Waals surface area contributed by atoms with E-state index in [-0.39, 0.29) is 11.4 Å². The fourth-order valence-electron chi connectivity index (χ4n) is 4.22. The number of piperidine rings is 1. The Balaban J connectivity index is 1.66. The van der Waals surface area contributed by atoms with Gasteiger partial charge in [0.05, 0.1) is 11.8 Å². The molecule has 1 aromatic rings. The van der Waals surface area contributed by atoms with Crippen molar-refractivity contribution in [2.24, 2.45) is 0 Å². The van der Waals surface area contributed by atoms with Gasteiger partial charge in [0.1, 0.15) is 0 Å². The van der Waals surface area contributed by atoms with Gasteiger partial charge >= 0.3 is 0 Å². The van der Waals surface area contributed by atoms with E-state index >= 15 is 0 Å². The predicted molar refractivity (Wildman–Crippen MR) is 94.1 cm³/mol. The van der Waals surface area contributed by atoms with Crippen molar-refractivity contribution in [3.8, 4) is 0 Å². The number of carbonyl (C=O) groups is 1. The highest BCUT2D eigenvalue weighted by Crippen LogP contribution is 2.38. The first kappa shape index (κ1) is 17.4. The maximum absolute atomic E-state index is 12.6. The molecule has 2 heterocycles. The molecule has 24 heavy (non-hydrogen) atoms. The highest BCUT2D eigenvalue weighted by molar-refractivity contribution is 7.88. The van der Waals surface area contributed by atoms with Crippen LogP contribution in [0.3, 0.4) is 0 Å². The number of benzene rings is 1. The van der Waals surface area contributed by atoms with Crippen LogP contribution < -0.4 is 0 Å². The molecule has 132 valence electrons. The maximum Gasteiger partial charge on any atom is 0.222 e. The van der Waals surface area contributed by atoms with Crippen molar-refractivity contribution in [1.29, 1.82) is 0 Å². The normalized spacial score (nSPS) is 25.3. The first-order valence-corrected chi connectivity index (χ1v) is 10.6. The van der Waals surface area contributed by atoms with E-state index in [1.807, 2.05) is 35.2 Å². The minimum atomic E-state index is -3.22. The fourth-order valence-corrected chi connectivity index (χ4v) is 5.62. The van der Waals surface area contributed by atoms with Crippen LogP contribution in [0.4, 0.5) is 0 Å². The van der Waals surface area contributed by atoms with Gasteiger partial charge < -0.3 is 4.90 Å². The predicted octanol–water partition coefficient (Wildman–Crippen LogP) is 2.04. The van der Waals surface area contributed by atoms with Crippen molar-refractivity contribution in [3.05, 3.63) is 35.9 Å². The molecule has 0 bridgehead atoms. The lowest BCUT2D eigenvalue weighted by molar-refractivity contribution is -0.134. The summed E-state index contributed by atoms with van der Waals surface area (Å²) in [6, 6.07) is 10.0. The molecule has 2 fully saturated rings. The third-order valence-corrected chi connectivity index (χ3v) is 6.68. The first-order valence-electron chi connectivity index (χ1n) is 8.70. The average Bonchev–Trinajstić information content (AvgIpc) is 2.96. The molecule has 0 N–H and O–H groups in total. The largest absolute Gasteiger partial charge is 0.341 e. The molecule has 1 aromatic carbocycles. The van der Waals surface area contributed by atoms with Gasteiger partial charge in [-0.3, -0.25) is 4.79 Å². The van der Waals surface area contributed by atoms with Crippen molar-refractivity contribution in [2.75, 3.05) is 25.9 Å². The third kappa shape index (κ3) is 3.64. The zero-order chi connectivity index (χ0) is 17.2. The highest BCUT2D eigenvalue weighted by atomic mass is 32.2. The van der Waals surface area contributed by atoms with Crippen molar-refractivity contribution in [3.63, 3.8) is 0 Å². The molecule has 2 aliphatic heterocycles. The van der Waals surface area contributed by atoms with E-state index in [4.69, 9.17) is 0 Å². The van der Waals surface area contributed by atoms with E-state index in [1.54, 1.807) is 4.31 Å². The number of rotatable bonds is 4. The van der Waals surface area contributed by atoms with Gasteiger partial charge in [-0.05, 0) is 37.7 Å². The van der Waals surface area contributed by atoms with Gasteiger partial charge in [0.25, 0.3) is 0 Å². The lowest BCUT2D eigenvalue weighted by Crippen LogP contribution is -2.58. The summed E-state index contributed by atoms with van der Waals surface area (Å²) in [6.07, 6.45) is 6.00. The molecule has 1 spiro atoms. The maximum atomic E-state index is 12.6. The Morgan fingerprint density at radius 2 is 1.79 bits per heavy atom. The van der Waals surface area contributed by atoms with Gasteiger partial charge in [0, 0.05) is 26.1 Å². The quantitative estimate of drug-likeness (QED) is 0.835. The summed E-state index contributed by atoms with van der Waals surface area (Å²) in [5.74, 6) is 0.137.